The first-order chi connectivity index (χ1) is 9.38. The van der Waals surface area contributed by atoms with E-state index in [1.807, 2.05) is 12.1 Å². The normalized spacial score (nSPS) is 22.5. The van der Waals surface area contributed by atoms with Crippen molar-refractivity contribution in [2.75, 3.05) is 5.32 Å². The summed E-state index contributed by atoms with van der Waals surface area (Å²) in [7, 11) is 0. The number of hydrogen-bond donors (Lipinski definition) is 1. The van der Waals surface area contributed by atoms with Gasteiger partial charge < -0.3 is 5.32 Å². The van der Waals surface area contributed by atoms with Gasteiger partial charge in [-0.2, -0.15) is 0 Å². The second-order valence-corrected chi connectivity index (χ2v) is 5.46. The van der Waals surface area contributed by atoms with Crippen LogP contribution in [0.15, 0.2) is 42.5 Å². The highest BCUT2D eigenvalue weighted by molar-refractivity contribution is 5.76. The molecule has 0 spiro atoms. The largest absolute Gasteiger partial charge is 0.328 e. The van der Waals surface area contributed by atoms with Crippen molar-refractivity contribution >= 4 is 12.1 Å². The Kier molecular flexibility index (Phi) is 2.25. The second-order valence-electron chi connectivity index (χ2n) is 5.46. The van der Waals surface area contributed by atoms with E-state index in [4.69, 9.17) is 0 Å². The summed E-state index contributed by atoms with van der Waals surface area (Å²) in [5.74, 6) is 1.07. The summed E-state index contributed by atoms with van der Waals surface area (Å²) in [5, 5.41) is 2.87. The molecule has 2 aromatic carbocycles. The van der Waals surface area contributed by atoms with Gasteiger partial charge in [0.2, 0.25) is 6.41 Å². The van der Waals surface area contributed by atoms with Crippen molar-refractivity contribution in [2.45, 2.75) is 24.7 Å². The Hall–Kier alpha value is -2.09. The van der Waals surface area contributed by atoms with Gasteiger partial charge in [0.15, 0.2) is 0 Å². The third-order valence-corrected chi connectivity index (χ3v) is 4.55. The SMILES string of the molecule is O=CNc1cccc2c1C1Cc3ccccc3C2C1. The maximum atomic E-state index is 10.8. The van der Waals surface area contributed by atoms with Crippen molar-refractivity contribution < 1.29 is 4.79 Å². The van der Waals surface area contributed by atoms with Gasteiger partial charge >= 0.3 is 0 Å². The average molecular weight is 249 g/mol. The summed E-state index contributed by atoms with van der Waals surface area (Å²) >= 11 is 0. The molecule has 0 aliphatic heterocycles. The standard InChI is InChI=1S/C17H15NO/c19-10-18-16-7-3-6-14-15-9-12(17(14)16)8-11-4-1-2-5-13(11)15/h1-7,10,12,15H,8-9H2,(H,18,19). The zero-order chi connectivity index (χ0) is 12.8. The molecular weight excluding hydrogens is 234 g/mol. The maximum absolute atomic E-state index is 10.8. The molecule has 2 aliphatic carbocycles. The van der Waals surface area contributed by atoms with Gasteiger partial charge in [-0.25, -0.2) is 0 Å². The molecule has 0 heterocycles. The molecule has 4 rings (SSSR count). The molecule has 94 valence electrons. The molecule has 2 heteroatoms. The van der Waals surface area contributed by atoms with E-state index in [0.29, 0.717) is 11.8 Å². The zero-order valence-electron chi connectivity index (χ0n) is 10.6. The van der Waals surface area contributed by atoms with E-state index in [1.165, 1.54) is 28.7 Å². The summed E-state index contributed by atoms with van der Waals surface area (Å²) in [5.41, 5.74) is 6.70. The third kappa shape index (κ3) is 1.46. The van der Waals surface area contributed by atoms with Gasteiger partial charge in [0.05, 0.1) is 0 Å². The van der Waals surface area contributed by atoms with E-state index < -0.39 is 0 Å². The molecule has 2 aliphatic rings. The van der Waals surface area contributed by atoms with Crippen LogP contribution in [-0.4, -0.2) is 6.41 Å². The van der Waals surface area contributed by atoms with Crippen LogP contribution in [0.5, 0.6) is 0 Å². The van der Waals surface area contributed by atoms with Crippen LogP contribution in [0, 0.1) is 0 Å². The predicted molar refractivity (Wildman–Crippen MR) is 75.5 cm³/mol. The van der Waals surface area contributed by atoms with Crippen molar-refractivity contribution in [2.24, 2.45) is 0 Å². The van der Waals surface area contributed by atoms with Crippen molar-refractivity contribution in [1.29, 1.82) is 0 Å². The van der Waals surface area contributed by atoms with Crippen LogP contribution in [0.2, 0.25) is 0 Å². The smallest absolute Gasteiger partial charge is 0.211 e. The molecule has 1 amide bonds. The molecule has 2 unspecified atom stereocenters. The minimum absolute atomic E-state index is 0.512. The van der Waals surface area contributed by atoms with E-state index in [-0.39, 0.29) is 0 Å². The van der Waals surface area contributed by atoms with Gasteiger partial charge in [-0.1, -0.05) is 36.4 Å². The van der Waals surface area contributed by atoms with Crippen molar-refractivity contribution in [1.82, 2.24) is 0 Å². The van der Waals surface area contributed by atoms with E-state index in [0.717, 1.165) is 18.5 Å². The van der Waals surface area contributed by atoms with E-state index in [1.54, 1.807) is 0 Å². The molecule has 2 atom stereocenters. The lowest BCUT2D eigenvalue weighted by molar-refractivity contribution is -0.105. The van der Waals surface area contributed by atoms with Crippen LogP contribution in [0.1, 0.15) is 40.5 Å². The first-order valence-corrected chi connectivity index (χ1v) is 6.79. The summed E-state index contributed by atoms with van der Waals surface area (Å²) < 4.78 is 0. The Bertz CT molecular complexity index is 662. The fourth-order valence-electron chi connectivity index (χ4n) is 3.87. The van der Waals surface area contributed by atoms with Gasteiger partial charge in [0, 0.05) is 11.6 Å². The minimum atomic E-state index is 0.512. The Balaban J connectivity index is 1.91. The maximum Gasteiger partial charge on any atom is 0.211 e. The van der Waals surface area contributed by atoms with E-state index >= 15 is 0 Å². The molecule has 0 saturated heterocycles. The molecule has 0 fully saturated rings. The molecule has 2 aromatic rings. The van der Waals surface area contributed by atoms with Gasteiger partial charge in [-0.15, -0.1) is 0 Å². The van der Waals surface area contributed by atoms with E-state index in [2.05, 4.69) is 35.6 Å². The topological polar surface area (TPSA) is 29.1 Å². The number of carbonyl (C=O) groups is 1. The highest BCUT2D eigenvalue weighted by Crippen LogP contribution is 2.53. The lowest BCUT2D eigenvalue weighted by Gasteiger charge is -2.23. The molecule has 2 bridgehead atoms. The number of carbonyl (C=O) groups excluding carboxylic acids is 1. The highest BCUT2D eigenvalue weighted by Gasteiger charge is 2.38. The summed E-state index contributed by atoms with van der Waals surface area (Å²) in [6.07, 6.45) is 3.06. The van der Waals surface area contributed by atoms with Crippen LogP contribution in [-0.2, 0) is 11.2 Å². The van der Waals surface area contributed by atoms with Crippen LogP contribution < -0.4 is 5.32 Å². The van der Waals surface area contributed by atoms with Gasteiger partial charge in [-0.05, 0) is 47.1 Å². The lowest BCUT2D eigenvalue weighted by atomic mass is 9.81. The van der Waals surface area contributed by atoms with Crippen LogP contribution in [0.4, 0.5) is 5.69 Å². The molecule has 0 saturated carbocycles. The molecule has 0 aromatic heterocycles. The highest BCUT2D eigenvalue weighted by atomic mass is 16.1. The summed E-state index contributed by atoms with van der Waals surface area (Å²) in [6.45, 7) is 0. The first kappa shape index (κ1) is 10.8. The molecule has 0 radical (unpaired) electrons. The summed E-state index contributed by atoms with van der Waals surface area (Å²) in [6, 6.07) is 15.0. The Labute approximate surface area is 112 Å². The fraction of sp³-hybridized carbons (Fsp3) is 0.235. The third-order valence-electron chi connectivity index (χ3n) is 4.55. The molecule has 19 heavy (non-hydrogen) atoms. The molecular formula is C17H15NO. The van der Waals surface area contributed by atoms with E-state index in [9.17, 15) is 4.79 Å². The number of rotatable bonds is 2. The van der Waals surface area contributed by atoms with Gasteiger partial charge in [0.1, 0.15) is 0 Å². The monoisotopic (exact) mass is 249 g/mol. The van der Waals surface area contributed by atoms with Crippen molar-refractivity contribution in [3.63, 3.8) is 0 Å². The minimum Gasteiger partial charge on any atom is -0.328 e. The molecule has 1 N–H and O–H groups in total. The zero-order valence-corrected chi connectivity index (χ0v) is 10.6. The molecule has 2 nitrogen and oxygen atoms in total. The number of fused-ring (bicyclic) bond motifs is 7. The van der Waals surface area contributed by atoms with Gasteiger partial charge in [-0.3, -0.25) is 4.79 Å². The van der Waals surface area contributed by atoms with Crippen LogP contribution >= 0.6 is 0 Å². The van der Waals surface area contributed by atoms with Crippen molar-refractivity contribution in [3.8, 4) is 0 Å². The van der Waals surface area contributed by atoms with Crippen LogP contribution in [0.25, 0.3) is 0 Å². The lowest BCUT2D eigenvalue weighted by Crippen LogP contribution is -2.10. The Morgan fingerprint density at radius 1 is 1.05 bits per heavy atom. The number of hydrogen-bond acceptors (Lipinski definition) is 1. The number of amides is 1. The average Bonchev–Trinajstić information content (AvgIpc) is 2.75. The number of benzene rings is 2. The summed E-state index contributed by atoms with van der Waals surface area (Å²) in [4.78, 5) is 10.8. The van der Waals surface area contributed by atoms with Gasteiger partial charge in [0.25, 0.3) is 0 Å². The Morgan fingerprint density at radius 3 is 2.79 bits per heavy atom. The quantitative estimate of drug-likeness (QED) is 0.812. The number of nitrogens with one attached hydrogen (secondary N) is 1. The fourth-order valence-corrected chi connectivity index (χ4v) is 3.87. The number of anilines is 1. The second kappa shape index (κ2) is 3.95. The Morgan fingerprint density at radius 2 is 1.89 bits per heavy atom. The predicted octanol–water partition coefficient (Wildman–Crippen LogP) is 3.43. The first-order valence-electron chi connectivity index (χ1n) is 6.79. The van der Waals surface area contributed by atoms with Crippen molar-refractivity contribution in [3.05, 3.63) is 64.7 Å². The van der Waals surface area contributed by atoms with Crippen LogP contribution in [0.3, 0.4) is 0 Å².